The molecule has 5 heteroatoms. The third kappa shape index (κ3) is 4.77. The predicted octanol–water partition coefficient (Wildman–Crippen LogP) is 0.793. The molecule has 0 fully saturated rings. The van der Waals surface area contributed by atoms with Gasteiger partial charge in [-0.05, 0) is 5.56 Å². The van der Waals surface area contributed by atoms with E-state index >= 15 is 0 Å². The largest absolute Gasteiger partial charge is 0.394 e. The van der Waals surface area contributed by atoms with E-state index in [1.807, 2.05) is 30.3 Å². The molecule has 0 spiro atoms. The lowest BCUT2D eigenvalue weighted by Gasteiger charge is -2.16. The highest BCUT2D eigenvalue weighted by molar-refractivity contribution is 7.99. The monoisotopic (exact) mass is 254 g/mol. The van der Waals surface area contributed by atoms with E-state index in [0.29, 0.717) is 11.5 Å². The van der Waals surface area contributed by atoms with Crippen LogP contribution in [-0.4, -0.2) is 40.3 Å². The molecule has 0 amide bonds. The molecule has 0 heterocycles. The molecule has 1 rings (SSSR count). The summed E-state index contributed by atoms with van der Waals surface area (Å²) >= 11 is 1.49. The molecule has 1 aromatic rings. The SMILES string of the molecule is N=C(N)C(CSCC(O)CO)c1ccccc1. The number of nitrogens with one attached hydrogen (secondary N) is 1. The van der Waals surface area contributed by atoms with Crippen LogP contribution in [0.25, 0.3) is 0 Å². The van der Waals surface area contributed by atoms with Crippen LogP contribution in [0.1, 0.15) is 11.5 Å². The summed E-state index contributed by atoms with van der Waals surface area (Å²) in [6.07, 6.45) is -0.705. The van der Waals surface area contributed by atoms with E-state index in [-0.39, 0.29) is 18.4 Å². The number of nitrogens with two attached hydrogens (primary N) is 1. The summed E-state index contributed by atoms with van der Waals surface area (Å²) in [4.78, 5) is 0. The van der Waals surface area contributed by atoms with Crippen molar-refractivity contribution in [2.75, 3.05) is 18.1 Å². The molecule has 2 unspecified atom stereocenters. The van der Waals surface area contributed by atoms with Crippen molar-refractivity contribution in [3.63, 3.8) is 0 Å². The fourth-order valence-corrected chi connectivity index (χ4v) is 2.55. The smallest absolute Gasteiger partial charge is 0.0990 e. The first kappa shape index (κ1) is 14.0. The second-order valence-electron chi connectivity index (χ2n) is 3.79. The first-order valence-electron chi connectivity index (χ1n) is 5.40. The molecule has 17 heavy (non-hydrogen) atoms. The summed E-state index contributed by atoms with van der Waals surface area (Å²) in [7, 11) is 0. The Bertz CT molecular complexity index is 346. The van der Waals surface area contributed by atoms with Crippen LogP contribution < -0.4 is 5.73 Å². The fourth-order valence-electron chi connectivity index (χ4n) is 1.43. The minimum atomic E-state index is -0.705. The van der Waals surface area contributed by atoms with Crippen molar-refractivity contribution in [2.45, 2.75) is 12.0 Å². The highest BCUT2D eigenvalue weighted by Crippen LogP contribution is 2.21. The minimum Gasteiger partial charge on any atom is -0.394 e. The topological polar surface area (TPSA) is 90.3 Å². The summed E-state index contributed by atoms with van der Waals surface area (Å²) in [5.41, 5.74) is 6.58. The summed E-state index contributed by atoms with van der Waals surface area (Å²) in [6, 6.07) is 9.63. The van der Waals surface area contributed by atoms with Crippen LogP contribution in [-0.2, 0) is 0 Å². The van der Waals surface area contributed by atoms with Crippen molar-refractivity contribution < 1.29 is 10.2 Å². The van der Waals surface area contributed by atoms with Crippen LogP contribution in [0.15, 0.2) is 30.3 Å². The maximum atomic E-state index is 9.22. The molecule has 0 bridgehead atoms. The molecule has 0 aromatic heterocycles. The number of aliphatic hydroxyl groups is 2. The highest BCUT2D eigenvalue weighted by atomic mass is 32.2. The Morgan fingerprint density at radius 3 is 2.47 bits per heavy atom. The van der Waals surface area contributed by atoms with E-state index in [0.717, 1.165) is 5.56 Å². The Hall–Kier alpha value is -1.04. The number of thioether (sulfide) groups is 1. The maximum absolute atomic E-state index is 9.22. The highest BCUT2D eigenvalue weighted by Gasteiger charge is 2.15. The lowest BCUT2D eigenvalue weighted by atomic mass is 10.0. The van der Waals surface area contributed by atoms with Gasteiger partial charge >= 0.3 is 0 Å². The van der Waals surface area contributed by atoms with Gasteiger partial charge in [-0.3, -0.25) is 5.41 Å². The zero-order chi connectivity index (χ0) is 12.7. The number of hydrogen-bond acceptors (Lipinski definition) is 4. The standard InChI is InChI=1S/C12H18N2O2S/c13-12(14)11(8-17-7-10(16)6-15)9-4-2-1-3-5-9/h1-5,10-11,15-16H,6-8H2,(H3,13,14). The van der Waals surface area contributed by atoms with Crippen LogP contribution in [0, 0.1) is 5.41 Å². The van der Waals surface area contributed by atoms with Crippen LogP contribution in [0.3, 0.4) is 0 Å². The van der Waals surface area contributed by atoms with Crippen molar-refractivity contribution in [1.29, 1.82) is 5.41 Å². The minimum absolute atomic E-state index is 0.127. The molecule has 2 atom stereocenters. The molecule has 0 saturated heterocycles. The summed E-state index contributed by atoms with van der Waals surface area (Å²) < 4.78 is 0. The second kappa shape index (κ2) is 7.32. The summed E-state index contributed by atoms with van der Waals surface area (Å²) in [5, 5.41) is 25.5. The van der Waals surface area contributed by atoms with E-state index in [2.05, 4.69) is 0 Å². The van der Waals surface area contributed by atoms with E-state index in [4.69, 9.17) is 16.2 Å². The Morgan fingerprint density at radius 1 is 1.29 bits per heavy atom. The zero-order valence-corrected chi connectivity index (χ0v) is 10.4. The van der Waals surface area contributed by atoms with E-state index in [1.54, 1.807) is 0 Å². The van der Waals surface area contributed by atoms with E-state index < -0.39 is 6.10 Å². The van der Waals surface area contributed by atoms with Crippen LogP contribution in [0.4, 0.5) is 0 Å². The van der Waals surface area contributed by atoms with Crippen molar-refractivity contribution in [3.05, 3.63) is 35.9 Å². The van der Waals surface area contributed by atoms with Gasteiger partial charge in [-0.2, -0.15) is 11.8 Å². The van der Waals surface area contributed by atoms with Crippen LogP contribution in [0.5, 0.6) is 0 Å². The lowest BCUT2D eigenvalue weighted by molar-refractivity contribution is 0.113. The van der Waals surface area contributed by atoms with Crippen molar-refractivity contribution in [1.82, 2.24) is 0 Å². The molecule has 0 aliphatic rings. The molecule has 1 aromatic carbocycles. The lowest BCUT2D eigenvalue weighted by Crippen LogP contribution is -2.24. The maximum Gasteiger partial charge on any atom is 0.0990 e. The molecule has 0 aliphatic heterocycles. The van der Waals surface area contributed by atoms with Gasteiger partial charge in [0.05, 0.1) is 18.5 Å². The quantitative estimate of drug-likeness (QED) is 0.428. The Labute approximate surface area is 105 Å². The second-order valence-corrected chi connectivity index (χ2v) is 4.87. The number of rotatable bonds is 7. The van der Waals surface area contributed by atoms with Crippen LogP contribution in [0.2, 0.25) is 0 Å². The van der Waals surface area contributed by atoms with Gasteiger partial charge < -0.3 is 15.9 Å². The first-order chi connectivity index (χ1) is 8.15. The third-order valence-corrected chi connectivity index (χ3v) is 3.57. The average Bonchev–Trinajstić information content (AvgIpc) is 2.34. The molecule has 0 aliphatic carbocycles. The molecule has 94 valence electrons. The zero-order valence-electron chi connectivity index (χ0n) is 9.54. The van der Waals surface area contributed by atoms with Gasteiger partial charge in [0.15, 0.2) is 0 Å². The van der Waals surface area contributed by atoms with E-state index in [9.17, 15) is 5.11 Å². The normalized spacial score (nSPS) is 14.2. The molecule has 0 radical (unpaired) electrons. The molecule has 0 saturated carbocycles. The van der Waals surface area contributed by atoms with Crippen molar-refractivity contribution in [2.24, 2.45) is 5.73 Å². The molecular formula is C12H18N2O2S. The Morgan fingerprint density at radius 2 is 1.94 bits per heavy atom. The number of amidine groups is 1. The van der Waals surface area contributed by atoms with Crippen molar-refractivity contribution in [3.8, 4) is 0 Å². The fraction of sp³-hybridized carbons (Fsp3) is 0.417. The van der Waals surface area contributed by atoms with Gasteiger partial charge in [0, 0.05) is 17.4 Å². The van der Waals surface area contributed by atoms with Crippen LogP contribution >= 0.6 is 11.8 Å². The summed E-state index contributed by atoms with van der Waals surface area (Å²) in [5.74, 6) is 1.08. The Balaban J connectivity index is 2.54. The molecule has 5 N–H and O–H groups in total. The van der Waals surface area contributed by atoms with Gasteiger partial charge in [-0.15, -0.1) is 0 Å². The number of hydrogen-bond donors (Lipinski definition) is 4. The third-order valence-electron chi connectivity index (χ3n) is 2.38. The number of aliphatic hydroxyl groups excluding tert-OH is 2. The number of benzene rings is 1. The predicted molar refractivity (Wildman–Crippen MR) is 71.5 cm³/mol. The average molecular weight is 254 g/mol. The summed E-state index contributed by atoms with van der Waals surface area (Å²) in [6.45, 7) is -0.233. The Kier molecular flexibility index (Phi) is 6.04. The van der Waals surface area contributed by atoms with Gasteiger partial charge in [0.1, 0.15) is 0 Å². The van der Waals surface area contributed by atoms with E-state index in [1.165, 1.54) is 11.8 Å². The van der Waals surface area contributed by atoms with Gasteiger partial charge in [-0.25, -0.2) is 0 Å². The molecule has 4 nitrogen and oxygen atoms in total. The molecular weight excluding hydrogens is 236 g/mol. The van der Waals surface area contributed by atoms with Gasteiger partial charge in [0.2, 0.25) is 0 Å². The van der Waals surface area contributed by atoms with Crippen molar-refractivity contribution >= 4 is 17.6 Å². The van der Waals surface area contributed by atoms with Gasteiger partial charge in [-0.1, -0.05) is 30.3 Å². The van der Waals surface area contributed by atoms with Gasteiger partial charge in [0.25, 0.3) is 0 Å². The first-order valence-corrected chi connectivity index (χ1v) is 6.56.